The van der Waals surface area contributed by atoms with Crippen LogP contribution in [0.3, 0.4) is 0 Å². The van der Waals surface area contributed by atoms with Gasteiger partial charge in [-0.1, -0.05) is 0 Å². The largest absolute Gasteiger partial charge is 0.481 e. The number of hydrogen-bond acceptors (Lipinski definition) is 23. The van der Waals surface area contributed by atoms with Crippen molar-refractivity contribution >= 4 is 102 Å². The quantitative estimate of drug-likeness (QED) is 0.0242. The molecule has 0 aromatic rings. The predicted octanol–water partition coefficient (Wildman–Crippen LogP) is -1.03. The van der Waals surface area contributed by atoms with Gasteiger partial charge in [-0.3, -0.25) is 33.7 Å². The molecule has 2 rings (SSSR count). The molecule has 37 nitrogen and oxygen atoms in total. The molecule has 0 aromatic carbocycles. The van der Waals surface area contributed by atoms with Crippen LogP contribution in [0.25, 0.3) is 0 Å². The molecule has 0 fully saturated rings. The topological polar surface area (TPSA) is 579 Å². The van der Waals surface area contributed by atoms with Crippen LogP contribution in [0.5, 0.6) is 0 Å². The fraction of sp³-hybridized carbons (Fsp3) is 0.500. The molecule has 2 heterocycles. The second kappa shape index (κ2) is 39.9. The first kappa shape index (κ1) is 83.0. The Labute approximate surface area is 495 Å². The average Bonchev–Trinajstić information content (AvgIpc) is 3.33. The van der Waals surface area contributed by atoms with Gasteiger partial charge < -0.3 is 97.1 Å². The van der Waals surface area contributed by atoms with E-state index in [0.717, 1.165) is 31.2 Å². The second-order valence-electron chi connectivity index (χ2n) is 20.4. The third kappa shape index (κ3) is 50.9. The van der Waals surface area contributed by atoms with E-state index in [9.17, 15) is 76.7 Å². The first-order chi connectivity index (χ1) is 39.4. The Bertz CT molecular complexity index is 2500. The van der Waals surface area contributed by atoms with Crippen molar-refractivity contribution in [3.05, 3.63) is 48.6 Å². The van der Waals surface area contributed by atoms with Crippen molar-refractivity contribution in [2.75, 3.05) is 26.2 Å². The number of hydrogen-bond donors (Lipinski definition) is 14. The normalized spacial score (nSPS) is 13.6. The summed E-state index contributed by atoms with van der Waals surface area (Å²) in [6.07, 6.45) is 3.45. The van der Waals surface area contributed by atoms with Crippen LogP contribution < -0.4 is 37.6 Å². The number of imide groups is 1. The maximum absolute atomic E-state index is 11.4. The van der Waals surface area contributed by atoms with Gasteiger partial charge in [0.25, 0.3) is 17.8 Å². The van der Waals surface area contributed by atoms with Crippen LogP contribution in [0.4, 0.5) is 19.2 Å². The van der Waals surface area contributed by atoms with Gasteiger partial charge in [0, 0.05) is 62.1 Å². The first-order valence-corrected chi connectivity index (χ1v) is 24.5. The van der Waals surface area contributed by atoms with Gasteiger partial charge >= 0.3 is 72.1 Å². The zero-order valence-corrected chi connectivity index (χ0v) is 49.4. The Balaban J connectivity index is -0.000000501. The molecule has 0 saturated heterocycles. The summed E-state index contributed by atoms with van der Waals surface area (Å²) < 4.78 is 23.6. The van der Waals surface area contributed by atoms with E-state index in [-0.39, 0.29) is 6.54 Å². The Morgan fingerprint density at radius 3 is 0.954 bits per heavy atom. The van der Waals surface area contributed by atoms with Gasteiger partial charge in [-0.2, -0.15) is 0 Å². The number of nitrogens with two attached hydrogens (primary N) is 1. The van der Waals surface area contributed by atoms with Gasteiger partial charge in [0.15, 0.2) is 6.04 Å². The zero-order valence-electron chi connectivity index (χ0n) is 49.4. The molecule has 0 saturated carbocycles. The van der Waals surface area contributed by atoms with Gasteiger partial charge in [0.2, 0.25) is 11.8 Å². The zero-order chi connectivity index (χ0) is 69.0. The Hall–Kier alpha value is -10.5. The van der Waals surface area contributed by atoms with E-state index < -0.39 is 168 Å². The molecule has 0 bridgehead atoms. The molecular formula is C50H74N8O29. The minimum atomic E-state index is -1.47. The summed E-state index contributed by atoms with van der Waals surface area (Å²) >= 11 is 0. The number of rotatable bonds is 19. The van der Waals surface area contributed by atoms with Crippen molar-refractivity contribution in [2.24, 2.45) is 5.73 Å². The molecule has 4 atom stereocenters. The number of nitrogens with one attached hydrogen (secondary N) is 6. The first-order valence-electron chi connectivity index (χ1n) is 24.5. The molecule has 0 aromatic heterocycles. The number of alkyl carbamates (subject to hydrolysis) is 4. The molecule has 488 valence electrons. The summed E-state index contributed by atoms with van der Waals surface area (Å²) in [4.78, 5) is 184. The van der Waals surface area contributed by atoms with E-state index in [1.54, 1.807) is 83.1 Å². The summed E-state index contributed by atoms with van der Waals surface area (Å²) in [5, 5.41) is 72.3. The highest BCUT2D eigenvalue weighted by Gasteiger charge is 2.36. The molecule has 0 aliphatic carbocycles. The van der Waals surface area contributed by atoms with E-state index in [2.05, 4.69) is 26.0 Å². The molecule has 8 amide bonds. The van der Waals surface area contributed by atoms with Crippen molar-refractivity contribution in [3.8, 4) is 0 Å². The summed E-state index contributed by atoms with van der Waals surface area (Å²) in [5.74, 6) is -13.3. The van der Waals surface area contributed by atoms with Crippen LogP contribution in [0.15, 0.2) is 48.6 Å². The number of carboxylic acid groups (broad SMARTS) is 7. The second-order valence-corrected chi connectivity index (χ2v) is 20.4. The molecule has 37 heteroatoms. The maximum Gasteiger partial charge on any atom is 0.407 e. The number of amides is 8. The van der Waals surface area contributed by atoms with E-state index in [1.807, 2.05) is 10.6 Å². The number of carboxylic acids is 7. The lowest BCUT2D eigenvalue weighted by atomic mass is 10.2. The highest BCUT2D eigenvalue weighted by atomic mass is 16.6. The number of ether oxygens (including phenoxy) is 5. The van der Waals surface area contributed by atoms with Gasteiger partial charge in [0.1, 0.15) is 40.5 Å². The van der Waals surface area contributed by atoms with Crippen LogP contribution in [0.1, 0.15) is 90.0 Å². The van der Waals surface area contributed by atoms with E-state index in [0.29, 0.717) is 29.2 Å². The molecule has 2 aliphatic heterocycles. The van der Waals surface area contributed by atoms with Crippen LogP contribution in [0.2, 0.25) is 0 Å². The number of aliphatic carboxylic acids is 7. The molecular weight excluding hydrogens is 1180 g/mol. The average molecular weight is 1250 g/mol. The molecule has 0 unspecified atom stereocenters. The molecule has 87 heavy (non-hydrogen) atoms. The molecule has 0 spiro atoms. The monoisotopic (exact) mass is 1250 g/mol. The summed E-state index contributed by atoms with van der Waals surface area (Å²) in [5.41, 5.74) is 2.35. The fourth-order valence-electron chi connectivity index (χ4n) is 4.53. The predicted molar refractivity (Wildman–Crippen MR) is 291 cm³/mol. The fourth-order valence-corrected chi connectivity index (χ4v) is 4.53. The maximum atomic E-state index is 11.4. The lowest BCUT2D eigenvalue weighted by Gasteiger charge is -2.24. The third-order valence-corrected chi connectivity index (χ3v) is 7.70. The van der Waals surface area contributed by atoms with Gasteiger partial charge in [-0.05, 0) is 83.1 Å². The van der Waals surface area contributed by atoms with Crippen LogP contribution in [-0.4, -0.2) is 215 Å². The number of carbonyl (C=O) groups is 17. The lowest BCUT2D eigenvalue weighted by molar-refractivity contribution is -0.153. The Morgan fingerprint density at radius 1 is 0.460 bits per heavy atom. The van der Waals surface area contributed by atoms with Gasteiger partial charge in [-0.15, -0.1) is 0 Å². The number of cyclic esters (lactones) is 2. The van der Waals surface area contributed by atoms with E-state index in [4.69, 9.17) is 65.2 Å². The van der Waals surface area contributed by atoms with Gasteiger partial charge in [-0.25, -0.2) is 52.7 Å². The van der Waals surface area contributed by atoms with E-state index in [1.165, 1.54) is 0 Å². The van der Waals surface area contributed by atoms with Crippen LogP contribution >= 0.6 is 0 Å². The van der Waals surface area contributed by atoms with Crippen molar-refractivity contribution < 1.29 is 141 Å². The Morgan fingerprint density at radius 2 is 0.736 bits per heavy atom. The van der Waals surface area contributed by atoms with Crippen molar-refractivity contribution in [2.45, 2.75) is 137 Å². The lowest BCUT2D eigenvalue weighted by Crippen LogP contribution is -2.51. The summed E-state index contributed by atoms with van der Waals surface area (Å²) in [7, 11) is 0. The van der Waals surface area contributed by atoms with Gasteiger partial charge in [0.05, 0.1) is 19.6 Å². The third-order valence-electron chi connectivity index (χ3n) is 7.70. The molecule has 0 radical (unpaired) electrons. The number of esters is 2. The SMILES string of the molecule is CC(=O)O.CC(C)(C)OC(=O)NC[C@@H](C(=O)O)N1C(=O)C=CC1=O.CC(C)(C)OC(=O)NC[C@H](N)C(=O)O.CC(C)(C)OC(=O)NC[C@H](NC(=O)/C=C\C(=O)O)C(=O)O.CC(C)(C)OC(=O)NC[C@H](NC(=O)/C=C\C(=O)O)C(=O)O.O=C1C=CC(=O)O1. The molecule has 2 aliphatic rings. The molecule has 15 N–H and O–H groups in total. The Kier molecular flexibility index (Phi) is 38.0. The van der Waals surface area contributed by atoms with Crippen LogP contribution in [0, 0.1) is 0 Å². The highest BCUT2D eigenvalue weighted by Crippen LogP contribution is 2.12. The number of nitrogens with zero attached hydrogens (tertiary/aromatic N) is 1. The minimum Gasteiger partial charge on any atom is -0.481 e. The minimum absolute atomic E-state index is 0.149. The standard InChI is InChI=1S/2C12H18N2O7.C12H16N2O6.C8H16N2O4.C4H2O3.C2H4O2/c2*1-12(2,3)21-11(20)13-6-7(10(18)19)14-8(15)4-5-9(16)17;1-12(2,3)20-11(19)13-6-7(10(17)18)14-8(15)4-5-9(14)16;1-8(2,3)14-7(13)10-4-5(9)6(11)12;5-3-1-2-4(6)7-3;1-2(3)4/h2*4-5,7H,6H2,1-3H3,(H,13,20)(H,14,15)(H,16,17)(H,18,19);4-5,7H,6H2,1-3H3,(H,13,19)(H,17,18);5H,4,9H2,1-3H3,(H,10,13)(H,11,12);1-2H;1H3,(H,3,4)/b2*5-4-;;;;/t3*7-;5-;;/m0000../s1. The summed E-state index contributed by atoms with van der Waals surface area (Å²) in [6.45, 7) is 19.6. The highest BCUT2D eigenvalue weighted by molar-refractivity contribution is 6.14. The van der Waals surface area contributed by atoms with E-state index >= 15 is 0 Å². The number of carbonyl (C=O) groups excluding carboxylic acids is 10. The summed E-state index contributed by atoms with van der Waals surface area (Å²) in [6, 6.07) is -5.41. The van der Waals surface area contributed by atoms with Crippen molar-refractivity contribution in [3.63, 3.8) is 0 Å². The van der Waals surface area contributed by atoms with Crippen molar-refractivity contribution in [1.29, 1.82) is 0 Å². The van der Waals surface area contributed by atoms with Crippen LogP contribution in [-0.2, 0) is 86.0 Å². The van der Waals surface area contributed by atoms with Crippen molar-refractivity contribution in [1.82, 2.24) is 36.8 Å². The smallest absolute Gasteiger partial charge is 0.407 e.